The van der Waals surface area contributed by atoms with Crippen LogP contribution < -0.4 is 5.32 Å². The highest BCUT2D eigenvalue weighted by atomic mass is 35.5. The molecular formula is C11H14ClNO3S. The fourth-order valence-electron chi connectivity index (χ4n) is 1.93. The molecule has 94 valence electrons. The van der Waals surface area contributed by atoms with Crippen molar-refractivity contribution in [3.63, 3.8) is 0 Å². The number of aliphatic hydroxyl groups excluding tert-OH is 1. The number of anilines is 1. The van der Waals surface area contributed by atoms with E-state index in [9.17, 15) is 13.5 Å². The number of benzene rings is 1. The summed E-state index contributed by atoms with van der Waals surface area (Å²) in [5.41, 5.74) is 1.57. The van der Waals surface area contributed by atoms with Gasteiger partial charge in [-0.15, -0.1) is 0 Å². The molecule has 0 saturated carbocycles. The Bertz CT molecular complexity index is 530. The Kier molecular flexibility index (Phi) is 3.34. The predicted molar refractivity (Wildman–Crippen MR) is 68.3 cm³/mol. The van der Waals surface area contributed by atoms with Crippen LogP contribution in [0.3, 0.4) is 0 Å². The van der Waals surface area contributed by atoms with Crippen LogP contribution in [-0.2, 0) is 9.84 Å². The first kappa shape index (κ1) is 12.7. The van der Waals surface area contributed by atoms with E-state index in [1.165, 1.54) is 0 Å². The number of hydrogen-bond acceptors (Lipinski definition) is 4. The van der Waals surface area contributed by atoms with Gasteiger partial charge in [0.05, 0.1) is 34.4 Å². The van der Waals surface area contributed by atoms with Gasteiger partial charge in [-0.25, -0.2) is 8.42 Å². The zero-order chi connectivity index (χ0) is 12.6. The maximum atomic E-state index is 11.4. The van der Waals surface area contributed by atoms with Gasteiger partial charge in [0.1, 0.15) is 0 Å². The van der Waals surface area contributed by atoms with Crippen molar-refractivity contribution in [1.29, 1.82) is 0 Å². The fourth-order valence-corrected chi connectivity index (χ4v) is 3.85. The zero-order valence-electron chi connectivity index (χ0n) is 9.35. The summed E-state index contributed by atoms with van der Waals surface area (Å²) in [6, 6.07) is 4.99. The first-order chi connectivity index (χ1) is 7.89. The van der Waals surface area contributed by atoms with E-state index in [2.05, 4.69) is 5.32 Å². The SMILES string of the molecule is Cc1cccc(NC2CS(=O)(=O)CC2O)c1Cl. The minimum absolute atomic E-state index is 0.0571. The Morgan fingerprint density at radius 1 is 1.41 bits per heavy atom. The Morgan fingerprint density at radius 2 is 2.12 bits per heavy atom. The van der Waals surface area contributed by atoms with Crippen molar-refractivity contribution in [1.82, 2.24) is 0 Å². The van der Waals surface area contributed by atoms with Gasteiger partial charge in [0.2, 0.25) is 0 Å². The molecule has 0 amide bonds. The molecule has 0 radical (unpaired) electrons. The molecule has 0 spiro atoms. The second-order valence-electron chi connectivity index (χ2n) is 4.33. The normalized spacial score (nSPS) is 27.0. The molecule has 1 aliphatic rings. The van der Waals surface area contributed by atoms with Gasteiger partial charge < -0.3 is 10.4 Å². The summed E-state index contributed by atoms with van der Waals surface area (Å²) in [4.78, 5) is 0. The number of nitrogens with one attached hydrogen (secondary N) is 1. The van der Waals surface area contributed by atoms with E-state index < -0.39 is 22.0 Å². The number of sulfone groups is 1. The van der Waals surface area contributed by atoms with Gasteiger partial charge in [-0.1, -0.05) is 23.7 Å². The summed E-state index contributed by atoms with van der Waals surface area (Å²) in [7, 11) is -3.14. The van der Waals surface area contributed by atoms with Crippen LogP contribution in [0, 0.1) is 6.92 Å². The van der Waals surface area contributed by atoms with Crippen molar-refractivity contribution in [3.8, 4) is 0 Å². The number of aryl methyl sites for hydroxylation is 1. The third kappa shape index (κ3) is 2.73. The summed E-state index contributed by atoms with van der Waals surface area (Å²) >= 11 is 6.10. The fraction of sp³-hybridized carbons (Fsp3) is 0.455. The van der Waals surface area contributed by atoms with Crippen molar-refractivity contribution >= 4 is 27.1 Å². The van der Waals surface area contributed by atoms with Crippen molar-refractivity contribution in [2.75, 3.05) is 16.8 Å². The molecule has 1 saturated heterocycles. The molecule has 1 aliphatic heterocycles. The maximum absolute atomic E-state index is 11.4. The van der Waals surface area contributed by atoms with E-state index in [1.807, 2.05) is 19.1 Å². The lowest BCUT2D eigenvalue weighted by atomic mass is 10.1. The van der Waals surface area contributed by atoms with E-state index in [4.69, 9.17) is 11.6 Å². The molecule has 1 aromatic rings. The summed E-state index contributed by atoms with van der Waals surface area (Å²) in [5, 5.41) is 13.2. The Hall–Kier alpha value is -0.780. The molecule has 1 heterocycles. The Morgan fingerprint density at radius 3 is 2.71 bits per heavy atom. The quantitative estimate of drug-likeness (QED) is 0.852. The zero-order valence-corrected chi connectivity index (χ0v) is 10.9. The molecule has 0 aliphatic carbocycles. The highest BCUT2D eigenvalue weighted by molar-refractivity contribution is 7.91. The topological polar surface area (TPSA) is 66.4 Å². The first-order valence-corrected chi connectivity index (χ1v) is 7.49. The van der Waals surface area contributed by atoms with Crippen LogP contribution in [0.1, 0.15) is 5.56 Å². The van der Waals surface area contributed by atoms with Gasteiger partial charge in [0.25, 0.3) is 0 Å². The summed E-state index contributed by atoms with van der Waals surface area (Å²) in [6.45, 7) is 1.87. The second kappa shape index (κ2) is 4.48. The third-order valence-corrected chi connectivity index (χ3v) is 5.07. The lowest BCUT2D eigenvalue weighted by molar-refractivity contribution is 0.190. The molecule has 0 bridgehead atoms. The largest absolute Gasteiger partial charge is 0.390 e. The van der Waals surface area contributed by atoms with Crippen LogP contribution in [0.4, 0.5) is 5.69 Å². The van der Waals surface area contributed by atoms with E-state index in [-0.39, 0.29) is 11.5 Å². The van der Waals surface area contributed by atoms with Gasteiger partial charge in [-0.05, 0) is 18.6 Å². The number of aliphatic hydroxyl groups is 1. The molecule has 2 N–H and O–H groups in total. The molecule has 17 heavy (non-hydrogen) atoms. The number of halogens is 1. The molecule has 2 unspecified atom stereocenters. The molecular weight excluding hydrogens is 262 g/mol. The van der Waals surface area contributed by atoms with E-state index in [0.29, 0.717) is 10.7 Å². The molecule has 2 atom stereocenters. The van der Waals surface area contributed by atoms with Crippen LogP contribution in [0.2, 0.25) is 5.02 Å². The van der Waals surface area contributed by atoms with Crippen LogP contribution in [0.15, 0.2) is 18.2 Å². The average molecular weight is 276 g/mol. The standard InChI is InChI=1S/C11H14ClNO3S/c1-7-3-2-4-8(11(7)12)13-9-5-17(15,16)6-10(9)14/h2-4,9-10,13-14H,5-6H2,1H3. The van der Waals surface area contributed by atoms with Crippen molar-refractivity contribution < 1.29 is 13.5 Å². The van der Waals surface area contributed by atoms with Crippen molar-refractivity contribution in [3.05, 3.63) is 28.8 Å². The predicted octanol–water partition coefficient (Wildman–Crippen LogP) is 1.22. The van der Waals surface area contributed by atoms with Gasteiger partial charge >= 0.3 is 0 Å². The van der Waals surface area contributed by atoms with Crippen molar-refractivity contribution in [2.45, 2.75) is 19.1 Å². The number of hydrogen-bond donors (Lipinski definition) is 2. The summed E-state index contributed by atoms with van der Waals surface area (Å²) < 4.78 is 22.7. The summed E-state index contributed by atoms with van der Waals surface area (Å²) in [6.07, 6.45) is -0.878. The number of rotatable bonds is 2. The lowest BCUT2D eigenvalue weighted by Crippen LogP contribution is -2.31. The molecule has 1 fully saturated rings. The smallest absolute Gasteiger partial charge is 0.155 e. The van der Waals surface area contributed by atoms with E-state index >= 15 is 0 Å². The average Bonchev–Trinajstić information content (AvgIpc) is 2.47. The van der Waals surface area contributed by atoms with Gasteiger partial charge in [-0.3, -0.25) is 0 Å². The molecule has 2 rings (SSSR count). The van der Waals surface area contributed by atoms with Crippen molar-refractivity contribution in [2.24, 2.45) is 0 Å². The maximum Gasteiger partial charge on any atom is 0.155 e. The third-order valence-electron chi connectivity index (χ3n) is 2.86. The van der Waals surface area contributed by atoms with Gasteiger partial charge in [0, 0.05) is 0 Å². The van der Waals surface area contributed by atoms with E-state index in [1.54, 1.807) is 6.07 Å². The lowest BCUT2D eigenvalue weighted by Gasteiger charge is -2.17. The molecule has 1 aromatic carbocycles. The van der Waals surface area contributed by atoms with E-state index in [0.717, 1.165) is 5.56 Å². The first-order valence-electron chi connectivity index (χ1n) is 5.29. The van der Waals surface area contributed by atoms with Crippen LogP contribution >= 0.6 is 11.6 Å². The Balaban J connectivity index is 2.20. The van der Waals surface area contributed by atoms with Gasteiger partial charge in [-0.2, -0.15) is 0 Å². The highest BCUT2D eigenvalue weighted by Crippen LogP contribution is 2.27. The molecule has 4 nitrogen and oxygen atoms in total. The minimum atomic E-state index is -3.14. The summed E-state index contributed by atoms with van der Waals surface area (Å²) in [5.74, 6) is -0.244. The van der Waals surface area contributed by atoms with Crippen LogP contribution in [-0.4, -0.2) is 37.2 Å². The second-order valence-corrected chi connectivity index (χ2v) is 6.86. The monoisotopic (exact) mass is 275 g/mol. The van der Waals surface area contributed by atoms with Crippen LogP contribution in [0.25, 0.3) is 0 Å². The van der Waals surface area contributed by atoms with Crippen LogP contribution in [0.5, 0.6) is 0 Å². The molecule has 0 aromatic heterocycles. The molecule has 6 heteroatoms. The highest BCUT2D eigenvalue weighted by Gasteiger charge is 2.36. The Labute approximate surface area is 106 Å². The van der Waals surface area contributed by atoms with Gasteiger partial charge in [0.15, 0.2) is 9.84 Å². The minimum Gasteiger partial charge on any atom is -0.390 e.